The van der Waals surface area contributed by atoms with Gasteiger partial charge in [0.2, 0.25) is 11.8 Å². The second-order valence-electron chi connectivity index (χ2n) is 10.9. The van der Waals surface area contributed by atoms with E-state index in [2.05, 4.69) is 10.2 Å². The van der Waals surface area contributed by atoms with Crippen LogP contribution in [0.4, 0.5) is 4.39 Å². The molecule has 218 valence electrons. The second-order valence-corrected chi connectivity index (χ2v) is 11.8. The number of rotatable bonds is 8. The van der Waals surface area contributed by atoms with Crippen LogP contribution in [0.1, 0.15) is 50.3 Å². The Bertz CT molecular complexity index is 1680. The van der Waals surface area contributed by atoms with E-state index in [4.69, 9.17) is 46.6 Å². The van der Waals surface area contributed by atoms with Crippen molar-refractivity contribution in [1.29, 1.82) is 5.26 Å². The summed E-state index contributed by atoms with van der Waals surface area (Å²) in [5, 5.41) is 17.8. The first-order valence-corrected chi connectivity index (χ1v) is 13.9. The summed E-state index contributed by atoms with van der Waals surface area (Å²) in [6.07, 6.45) is -0.230. The lowest BCUT2D eigenvalue weighted by Crippen LogP contribution is -2.37. The van der Waals surface area contributed by atoms with Gasteiger partial charge in [0.1, 0.15) is 24.2 Å². The minimum Gasteiger partial charge on any atom is -0.491 e. The number of aromatic nitrogens is 2. The predicted molar refractivity (Wildman–Crippen MR) is 155 cm³/mol. The maximum atomic E-state index is 15.5. The third-order valence-corrected chi connectivity index (χ3v) is 7.21. The van der Waals surface area contributed by atoms with Crippen molar-refractivity contribution in [3.63, 3.8) is 0 Å². The first-order chi connectivity index (χ1) is 19.8. The molecular formula is C31H28Cl2FN3O5. The first kappa shape index (κ1) is 29.8. The van der Waals surface area contributed by atoms with Crippen LogP contribution in [0.15, 0.2) is 52.9 Å². The van der Waals surface area contributed by atoms with Gasteiger partial charge in [-0.25, -0.2) is 4.39 Å². The fraction of sp³-hybridized carbons (Fsp3) is 0.323. The zero-order chi connectivity index (χ0) is 30.2. The van der Waals surface area contributed by atoms with Gasteiger partial charge < -0.3 is 23.4 Å². The average molecular weight is 612 g/mol. The quantitative estimate of drug-likeness (QED) is 0.197. The maximum absolute atomic E-state index is 15.5. The summed E-state index contributed by atoms with van der Waals surface area (Å²) in [7, 11) is 0. The highest BCUT2D eigenvalue weighted by Crippen LogP contribution is 2.38. The molecular weight excluding hydrogens is 584 g/mol. The summed E-state index contributed by atoms with van der Waals surface area (Å²) in [6.45, 7) is 9.96. The molecule has 0 N–H and O–H groups in total. The normalized spacial score (nSPS) is 17.2. The van der Waals surface area contributed by atoms with E-state index in [0.29, 0.717) is 18.2 Å². The topological polar surface area (TPSA) is 99.6 Å². The largest absolute Gasteiger partial charge is 0.491 e. The van der Waals surface area contributed by atoms with Gasteiger partial charge in [-0.15, -0.1) is 10.2 Å². The van der Waals surface area contributed by atoms with Gasteiger partial charge in [0, 0.05) is 16.1 Å². The minimum atomic E-state index is -0.693. The Morgan fingerprint density at radius 3 is 2.50 bits per heavy atom. The molecule has 1 aliphatic heterocycles. The lowest BCUT2D eigenvalue weighted by molar-refractivity contribution is -0.158. The molecule has 1 aliphatic rings. The van der Waals surface area contributed by atoms with Crippen molar-refractivity contribution >= 4 is 23.2 Å². The molecule has 5 rings (SSSR count). The van der Waals surface area contributed by atoms with Crippen LogP contribution in [0.25, 0.3) is 11.5 Å². The standard InChI is InChI=1S/C31H28Cl2FN3O5/c1-17-10-21(38-16-25-30(2,3)42-31(4,5)41-25)7-8-23(17)29-37-36-26(40-29)13-19-6-9-24(33)28(27(19)34)39-22-12-18(15-35)11-20(32)14-22/h6-12,14,25H,13,16H2,1-5H3/t25-/m0/s1. The van der Waals surface area contributed by atoms with Crippen LogP contribution in [0.2, 0.25) is 10.0 Å². The Kier molecular flexibility index (Phi) is 8.19. The molecule has 1 atom stereocenters. The van der Waals surface area contributed by atoms with E-state index in [-0.39, 0.29) is 51.1 Å². The van der Waals surface area contributed by atoms with Crippen molar-refractivity contribution in [2.75, 3.05) is 6.61 Å². The van der Waals surface area contributed by atoms with Gasteiger partial charge in [0.25, 0.3) is 0 Å². The molecule has 0 spiro atoms. The summed E-state index contributed by atoms with van der Waals surface area (Å²) in [4.78, 5) is 0. The number of hydrogen-bond acceptors (Lipinski definition) is 8. The maximum Gasteiger partial charge on any atom is 0.248 e. The third kappa shape index (κ3) is 6.53. The second kappa shape index (κ2) is 11.5. The monoisotopic (exact) mass is 611 g/mol. The van der Waals surface area contributed by atoms with Gasteiger partial charge in [0.15, 0.2) is 17.4 Å². The highest BCUT2D eigenvalue weighted by atomic mass is 35.5. The molecule has 11 heteroatoms. The number of nitriles is 1. The molecule has 0 bridgehead atoms. The van der Waals surface area contributed by atoms with Crippen molar-refractivity contribution in [3.05, 3.63) is 87.0 Å². The lowest BCUT2D eigenvalue weighted by Gasteiger charge is -2.24. The third-order valence-electron chi connectivity index (χ3n) is 6.70. The van der Waals surface area contributed by atoms with Crippen molar-refractivity contribution in [1.82, 2.24) is 10.2 Å². The zero-order valence-corrected chi connectivity index (χ0v) is 25.1. The first-order valence-electron chi connectivity index (χ1n) is 13.1. The number of hydrogen-bond donors (Lipinski definition) is 0. The van der Waals surface area contributed by atoms with Crippen molar-refractivity contribution in [3.8, 4) is 34.8 Å². The Labute approximate surface area is 252 Å². The van der Waals surface area contributed by atoms with E-state index >= 15 is 4.39 Å². The van der Waals surface area contributed by atoms with Crippen LogP contribution in [0, 0.1) is 24.1 Å². The molecule has 4 aromatic rings. The predicted octanol–water partition coefficient (Wildman–Crippen LogP) is 8.05. The molecule has 3 aromatic carbocycles. The fourth-order valence-corrected chi connectivity index (χ4v) is 5.19. The molecule has 0 radical (unpaired) electrons. The van der Waals surface area contributed by atoms with Crippen LogP contribution >= 0.6 is 23.2 Å². The average Bonchev–Trinajstić information content (AvgIpc) is 3.46. The zero-order valence-electron chi connectivity index (χ0n) is 23.6. The van der Waals surface area contributed by atoms with Gasteiger partial charge in [-0.1, -0.05) is 29.3 Å². The molecule has 0 amide bonds. The van der Waals surface area contributed by atoms with Crippen LogP contribution < -0.4 is 9.47 Å². The summed E-state index contributed by atoms with van der Waals surface area (Å²) >= 11 is 12.3. The molecule has 8 nitrogen and oxygen atoms in total. The lowest BCUT2D eigenvalue weighted by atomic mass is 10.0. The molecule has 2 heterocycles. The smallest absolute Gasteiger partial charge is 0.248 e. The number of halogens is 3. The van der Waals surface area contributed by atoms with Gasteiger partial charge in [-0.2, -0.15) is 5.26 Å². The summed E-state index contributed by atoms with van der Waals surface area (Å²) in [6, 6.07) is 14.9. The van der Waals surface area contributed by atoms with Crippen LogP contribution in [0.5, 0.6) is 17.2 Å². The number of ether oxygens (including phenoxy) is 4. The number of nitrogens with zero attached hydrogens (tertiary/aromatic N) is 3. The van der Waals surface area contributed by atoms with E-state index in [1.807, 2.05) is 58.9 Å². The van der Waals surface area contributed by atoms with Crippen LogP contribution in [0.3, 0.4) is 0 Å². The van der Waals surface area contributed by atoms with E-state index in [1.165, 1.54) is 30.3 Å². The summed E-state index contributed by atoms with van der Waals surface area (Å²) in [5.41, 5.74) is 1.60. The molecule has 1 saturated heterocycles. The highest BCUT2D eigenvalue weighted by molar-refractivity contribution is 6.32. The van der Waals surface area contributed by atoms with Gasteiger partial charge in [-0.3, -0.25) is 0 Å². The Morgan fingerprint density at radius 1 is 1.02 bits per heavy atom. The number of aryl methyl sites for hydroxylation is 1. The van der Waals surface area contributed by atoms with E-state index < -0.39 is 17.2 Å². The molecule has 42 heavy (non-hydrogen) atoms. The SMILES string of the molecule is Cc1cc(OC[C@@H]2OC(C)(C)OC2(C)C)ccc1-c1nnc(Cc2ccc(Cl)c(Oc3cc(Cl)cc(C#N)c3)c2F)o1. The Morgan fingerprint density at radius 2 is 1.81 bits per heavy atom. The molecule has 0 unspecified atom stereocenters. The molecule has 1 aromatic heterocycles. The molecule has 1 fully saturated rings. The number of benzene rings is 3. The van der Waals surface area contributed by atoms with Crippen LogP contribution in [-0.2, 0) is 15.9 Å². The molecule has 0 aliphatic carbocycles. The molecule has 0 saturated carbocycles. The summed E-state index contributed by atoms with van der Waals surface area (Å²) in [5.74, 6) is -0.231. The Balaban J connectivity index is 1.29. The Hall–Kier alpha value is -3.68. The van der Waals surface area contributed by atoms with Crippen molar-refractivity contribution in [2.45, 2.75) is 58.5 Å². The highest BCUT2D eigenvalue weighted by Gasteiger charge is 2.47. The van der Waals surface area contributed by atoms with Gasteiger partial charge in [-0.05, 0) is 82.6 Å². The van der Waals surface area contributed by atoms with Gasteiger partial charge >= 0.3 is 0 Å². The van der Waals surface area contributed by atoms with Crippen LogP contribution in [-0.4, -0.2) is 34.3 Å². The van der Waals surface area contributed by atoms with Gasteiger partial charge in [0.05, 0.1) is 28.7 Å². The van der Waals surface area contributed by atoms with E-state index in [9.17, 15) is 5.26 Å². The summed E-state index contributed by atoms with van der Waals surface area (Å²) < 4.78 is 45.0. The van der Waals surface area contributed by atoms with Crippen molar-refractivity contribution in [2.24, 2.45) is 0 Å². The fourth-order valence-electron chi connectivity index (χ4n) is 4.78. The van der Waals surface area contributed by atoms with E-state index in [1.54, 1.807) is 0 Å². The van der Waals surface area contributed by atoms with E-state index in [0.717, 1.165) is 11.1 Å². The van der Waals surface area contributed by atoms with Crippen molar-refractivity contribution < 1.29 is 27.8 Å². The minimum absolute atomic E-state index is 0.00118.